The quantitative estimate of drug-likeness (QED) is 0.632. The maximum Gasteiger partial charge on any atom is 0.308 e. The number of carboxylic acid groups (broad SMARTS) is 1. The molecule has 1 aliphatic rings. The van der Waals surface area contributed by atoms with Gasteiger partial charge in [-0.1, -0.05) is 61.0 Å². The van der Waals surface area contributed by atoms with Gasteiger partial charge in [-0.3, -0.25) is 9.59 Å². The third-order valence-electron chi connectivity index (χ3n) is 5.48. The number of carbonyl (C=O) groups is 2. The third kappa shape index (κ3) is 3.42. The Labute approximate surface area is 173 Å². The molecule has 3 aromatic rings. The molecule has 0 fully saturated rings. The minimum atomic E-state index is -0.864. The van der Waals surface area contributed by atoms with Crippen LogP contribution in [0.4, 0.5) is 0 Å². The number of nitrogens with zero attached hydrogens (tertiary/aromatic N) is 1. The van der Waals surface area contributed by atoms with Crippen LogP contribution in [0.15, 0.2) is 60.7 Å². The molecule has 2 N–H and O–H groups in total. The minimum absolute atomic E-state index is 0.202. The predicted octanol–water partition coefficient (Wildman–Crippen LogP) is 4.87. The van der Waals surface area contributed by atoms with Gasteiger partial charge in [-0.2, -0.15) is 0 Å². The number of carbonyl (C=O) groups excluding carboxylic acids is 1. The van der Waals surface area contributed by atoms with Crippen molar-refractivity contribution in [2.24, 2.45) is 5.92 Å². The molecule has 0 spiro atoms. The lowest BCUT2D eigenvalue weighted by atomic mass is 9.94. The summed E-state index contributed by atoms with van der Waals surface area (Å²) in [5.74, 6) is -1.68. The first kappa shape index (κ1) is 19.3. The second kappa shape index (κ2) is 7.76. The lowest BCUT2D eigenvalue weighted by Crippen LogP contribution is -2.43. The second-order valence-electron chi connectivity index (χ2n) is 7.17. The van der Waals surface area contributed by atoms with Gasteiger partial charge in [0.1, 0.15) is 5.69 Å². The van der Waals surface area contributed by atoms with Crippen LogP contribution in [-0.2, 0) is 4.79 Å². The van der Waals surface area contributed by atoms with Gasteiger partial charge in [0.15, 0.2) is 0 Å². The Hall–Kier alpha value is -3.05. The lowest BCUT2D eigenvalue weighted by Gasteiger charge is -2.32. The number of rotatable bonds is 5. The summed E-state index contributed by atoms with van der Waals surface area (Å²) < 4.78 is 1.91. The molecule has 0 radical (unpaired) electrons. The number of aliphatic carboxylic acids is 1. The number of amides is 1. The largest absolute Gasteiger partial charge is 0.481 e. The molecular weight excluding hydrogens is 388 g/mol. The number of carboxylic acids is 1. The van der Waals surface area contributed by atoms with Gasteiger partial charge in [0, 0.05) is 17.1 Å². The van der Waals surface area contributed by atoms with Gasteiger partial charge < -0.3 is 15.0 Å². The monoisotopic (exact) mass is 408 g/mol. The normalized spacial score (nSPS) is 16.8. The second-order valence-corrected chi connectivity index (χ2v) is 7.61. The van der Waals surface area contributed by atoms with Crippen molar-refractivity contribution in [3.05, 3.63) is 71.4 Å². The van der Waals surface area contributed by atoms with Crippen LogP contribution in [-0.4, -0.2) is 28.1 Å². The first-order valence-corrected chi connectivity index (χ1v) is 9.96. The van der Waals surface area contributed by atoms with Crippen molar-refractivity contribution in [2.75, 3.05) is 6.54 Å². The summed E-state index contributed by atoms with van der Waals surface area (Å²) in [6.07, 6.45) is 0.466. The summed E-state index contributed by atoms with van der Waals surface area (Å²) >= 11 is 6.23. The number of benzene rings is 2. The average Bonchev–Trinajstić information content (AvgIpc) is 3.12. The first-order chi connectivity index (χ1) is 14.0. The fraction of sp³-hybridized carbons (Fsp3) is 0.217. The van der Waals surface area contributed by atoms with Crippen molar-refractivity contribution in [2.45, 2.75) is 19.4 Å². The highest BCUT2D eigenvalue weighted by atomic mass is 35.5. The molecule has 0 aliphatic carbocycles. The SMILES string of the molecule is CCC(C(=O)O)C1CNC(=O)c2cc(-c3cccc(Cl)c3)c(-c3ccccc3)n21. The van der Waals surface area contributed by atoms with Crippen LogP contribution in [0.1, 0.15) is 29.9 Å². The zero-order valence-electron chi connectivity index (χ0n) is 15.9. The van der Waals surface area contributed by atoms with E-state index < -0.39 is 11.9 Å². The standard InChI is InChI=1S/C23H21ClN2O3/c1-2-17(23(28)29)20-13-25-22(27)19-12-18(15-9-6-10-16(24)11-15)21(26(19)20)14-7-4-3-5-8-14/h3-12,17,20H,2,13H2,1H3,(H,25,27)(H,28,29). The zero-order valence-corrected chi connectivity index (χ0v) is 16.7. The van der Waals surface area contributed by atoms with Crippen molar-refractivity contribution in [3.8, 4) is 22.4 Å². The van der Waals surface area contributed by atoms with Gasteiger partial charge in [-0.05, 0) is 35.7 Å². The van der Waals surface area contributed by atoms with E-state index in [0.717, 1.165) is 22.4 Å². The van der Waals surface area contributed by atoms with E-state index in [1.807, 2.05) is 66.1 Å². The van der Waals surface area contributed by atoms with Crippen LogP contribution in [0.5, 0.6) is 0 Å². The summed E-state index contributed by atoms with van der Waals surface area (Å²) in [7, 11) is 0. The highest BCUT2D eigenvalue weighted by Crippen LogP contribution is 2.41. The minimum Gasteiger partial charge on any atom is -0.481 e. The van der Waals surface area contributed by atoms with E-state index in [1.165, 1.54) is 0 Å². The van der Waals surface area contributed by atoms with Gasteiger partial charge in [0.25, 0.3) is 5.91 Å². The van der Waals surface area contributed by atoms with Crippen LogP contribution in [0.25, 0.3) is 22.4 Å². The average molecular weight is 409 g/mol. The van der Waals surface area contributed by atoms with Crippen molar-refractivity contribution < 1.29 is 14.7 Å². The Morgan fingerprint density at radius 3 is 2.55 bits per heavy atom. The number of aromatic nitrogens is 1. The van der Waals surface area contributed by atoms with Gasteiger partial charge in [-0.15, -0.1) is 0 Å². The highest BCUT2D eigenvalue weighted by molar-refractivity contribution is 6.30. The molecule has 5 nitrogen and oxygen atoms in total. The molecule has 4 rings (SSSR count). The molecule has 2 aromatic carbocycles. The van der Waals surface area contributed by atoms with E-state index in [0.29, 0.717) is 17.1 Å². The predicted molar refractivity (Wildman–Crippen MR) is 113 cm³/mol. The van der Waals surface area contributed by atoms with Crippen LogP contribution in [0, 0.1) is 5.92 Å². The van der Waals surface area contributed by atoms with Gasteiger partial charge in [-0.25, -0.2) is 0 Å². The van der Waals surface area contributed by atoms with Crippen LogP contribution >= 0.6 is 11.6 Å². The number of nitrogens with one attached hydrogen (secondary N) is 1. The molecule has 6 heteroatoms. The summed E-state index contributed by atoms with van der Waals surface area (Å²) in [6.45, 7) is 2.14. The smallest absolute Gasteiger partial charge is 0.308 e. The van der Waals surface area contributed by atoms with Crippen molar-refractivity contribution in [1.29, 1.82) is 0 Å². The molecule has 0 saturated carbocycles. The Kier molecular flexibility index (Phi) is 5.16. The van der Waals surface area contributed by atoms with Gasteiger partial charge >= 0.3 is 5.97 Å². The van der Waals surface area contributed by atoms with E-state index in [1.54, 1.807) is 6.07 Å². The van der Waals surface area contributed by atoms with E-state index in [-0.39, 0.29) is 18.5 Å². The fourth-order valence-corrected chi connectivity index (χ4v) is 4.31. The topological polar surface area (TPSA) is 71.3 Å². The van der Waals surface area contributed by atoms with E-state index in [2.05, 4.69) is 5.32 Å². The number of fused-ring (bicyclic) bond motifs is 1. The molecule has 1 aromatic heterocycles. The van der Waals surface area contributed by atoms with Gasteiger partial charge in [0.05, 0.1) is 17.7 Å². The first-order valence-electron chi connectivity index (χ1n) is 9.58. The summed E-state index contributed by atoms with van der Waals surface area (Å²) in [4.78, 5) is 24.6. The Bertz CT molecular complexity index is 1070. The van der Waals surface area contributed by atoms with Crippen molar-refractivity contribution >= 4 is 23.5 Å². The van der Waals surface area contributed by atoms with Gasteiger partial charge in [0.2, 0.25) is 0 Å². The van der Waals surface area contributed by atoms with E-state index in [4.69, 9.17) is 11.6 Å². The van der Waals surface area contributed by atoms with E-state index in [9.17, 15) is 14.7 Å². The number of halogens is 1. The highest BCUT2D eigenvalue weighted by Gasteiger charge is 2.37. The molecule has 148 valence electrons. The molecule has 2 heterocycles. The zero-order chi connectivity index (χ0) is 20.5. The van der Waals surface area contributed by atoms with Crippen LogP contribution in [0.2, 0.25) is 5.02 Å². The fourth-order valence-electron chi connectivity index (χ4n) is 4.12. The molecule has 2 unspecified atom stereocenters. The molecule has 1 aliphatic heterocycles. The molecule has 29 heavy (non-hydrogen) atoms. The maximum absolute atomic E-state index is 12.7. The Balaban J connectivity index is 2.02. The number of hydrogen-bond acceptors (Lipinski definition) is 2. The molecule has 1 amide bonds. The molecule has 0 bridgehead atoms. The summed E-state index contributed by atoms with van der Waals surface area (Å²) in [5.41, 5.74) is 3.97. The lowest BCUT2D eigenvalue weighted by molar-refractivity contribution is -0.143. The summed E-state index contributed by atoms with van der Waals surface area (Å²) in [6, 6.07) is 18.7. The van der Waals surface area contributed by atoms with Crippen molar-refractivity contribution in [3.63, 3.8) is 0 Å². The maximum atomic E-state index is 12.7. The Morgan fingerprint density at radius 1 is 1.17 bits per heavy atom. The van der Waals surface area contributed by atoms with Crippen molar-refractivity contribution in [1.82, 2.24) is 9.88 Å². The number of hydrogen-bond donors (Lipinski definition) is 2. The summed E-state index contributed by atoms with van der Waals surface area (Å²) in [5, 5.41) is 13.3. The van der Waals surface area contributed by atoms with Crippen LogP contribution < -0.4 is 5.32 Å². The van der Waals surface area contributed by atoms with Crippen LogP contribution in [0.3, 0.4) is 0 Å². The molecule has 0 saturated heterocycles. The third-order valence-corrected chi connectivity index (χ3v) is 5.71. The van der Waals surface area contributed by atoms with E-state index >= 15 is 0 Å². The Morgan fingerprint density at radius 2 is 1.90 bits per heavy atom. The molecule has 2 atom stereocenters. The molecular formula is C23H21ClN2O3.